The van der Waals surface area contributed by atoms with Crippen LogP contribution in [0.4, 0.5) is 0 Å². The van der Waals surface area contributed by atoms with E-state index in [-0.39, 0.29) is 0 Å². The zero-order valence-corrected chi connectivity index (χ0v) is 9.40. The number of rotatable bonds is 1. The number of hydrogen-bond acceptors (Lipinski definition) is 2. The first-order valence-electron chi connectivity index (χ1n) is 5.67. The summed E-state index contributed by atoms with van der Waals surface area (Å²) in [4.78, 5) is 0. The molecule has 2 heterocycles. The van der Waals surface area contributed by atoms with Crippen LogP contribution in [0.5, 0.6) is 0 Å². The second kappa shape index (κ2) is 3.76. The van der Waals surface area contributed by atoms with Gasteiger partial charge >= 0.3 is 0 Å². The van der Waals surface area contributed by atoms with Crippen LogP contribution < -0.4 is 5.32 Å². The van der Waals surface area contributed by atoms with Gasteiger partial charge in [0, 0.05) is 24.7 Å². The predicted octanol–water partition coefficient (Wildman–Crippen LogP) is 1.73. The molecule has 82 valence electrons. The highest BCUT2D eigenvalue weighted by molar-refractivity contribution is 5.64. The summed E-state index contributed by atoms with van der Waals surface area (Å²) >= 11 is 0. The standard InChI is InChI=1S/C13H15N3/c1-16-12-9-14-8-7-11(12)13(15-16)10-5-3-2-4-6-10/h2-6,14H,7-9H2,1H3. The first kappa shape index (κ1) is 9.60. The molecular formula is C13H15N3. The fraction of sp³-hybridized carbons (Fsp3) is 0.308. The maximum absolute atomic E-state index is 4.64. The van der Waals surface area contributed by atoms with Crippen molar-refractivity contribution in [3.63, 3.8) is 0 Å². The first-order chi connectivity index (χ1) is 7.86. The van der Waals surface area contributed by atoms with Gasteiger partial charge in [-0.3, -0.25) is 4.68 Å². The molecule has 2 aromatic rings. The number of nitrogens with one attached hydrogen (secondary N) is 1. The summed E-state index contributed by atoms with van der Waals surface area (Å²) in [6.45, 7) is 1.99. The molecule has 1 aliphatic rings. The van der Waals surface area contributed by atoms with E-state index in [0.717, 1.165) is 25.2 Å². The summed E-state index contributed by atoms with van der Waals surface area (Å²) in [7, 11) is 2.03. The van der Waals surface area contributed by atoms with Crippen LogP contribution in [0.2, 0.25) is 0 Å². The van der Waals surface area contributed by atoms with Crippen molar-refractivity contribution in [3.05, 3.63) is 41.6 Å². The van der Waals surface area contributed by atoms with Gasteiger partial charge < -0.3 is 5.32 Å². The third-order valence-electron chi connectivity index (χ3n) is 3.17. The van der Waals surface area contributed by atoms with Crippen LogP contribution >= 0.6 is 0 Å². The van der Waals surface area contributed by atoms with Crippen molar-refractivity contribution in [3.8, 4) is 11.3 Å². The van der Waals surface area contributed by atoms with Gasteiger partial charge in [0.25, 0.3) is 0 Å². The monoisotopic (exact) mass is 213 g/mol. The molecule has 0 amide bonds. The smallest absolute Gasteiger partial charge is 0.0958 e. The summed E-state index contributed by atoms with van der Waals surface area (Å²) in [5.41, 5.74) is 5.11. The van der Waals surface area contributed by atoms with Gasteiger partial charge in [-0.1, -0.05) is 30.3 Å². The molecule has 1 aromatic carbocycles. The van der Waals surface area contributed by atoms with Gasteiger partial charge in [0.05, 0.1) is 11.4 Å². The quantitative estimate of drug-likeness (QED) is 0.782. The minimum Gasteiger partial charge on any atom is -0.311 e. The van der Waals surface area contributed by atoms with Crippen molar-refractivity contribution >= 4 is 0 Å². The van der Waals surface area contributed by atoms with Crippen molar-refractivity contribution in [2.24, 2.45) is 7.05 Å². The van der Waals surface area contributed by atoms with Crippen LogP contribution in [0.25, 0.3) is 11.3 Å². The maximum Gasteiger partial charge on any atom is 0.0958 e. The Bertz CT molecular complexity index is 499. The molecule has 16 heavy (non-hydrogen) atoms. The number of fused-ring (bicyclic) bond motifs is 1. The Morgan fingerprint density at radius 1 is 1.25 bits per heavy atom. The van der Waals surface area contributed by atoms with Gasteiger partial charge in [-0.25, -0.2) is 0 Å². The minimum atomic E-state index is 0.936. The number of aromatic nitrogens is 2. The predicted molar refractivity (Wildman–Crippen MR) is 64.1 cm³/mol. The van der Waals surface area contributed by atoms with E-state index in [2.05, 4.69) is 34.7 Å². The molecule has 3 heteroatoms. The largest absolute Gasteiger partial charge is 0.311 e. The van der Waals surface area contributed by atoms with Crippen molar-refractivity contribution < 1.29 is 0 Å². The zero-order valence-electron chi connectivity index (χ0n) is 9.40. The molecular weight excluding hydrogens is 198 g/mol. The summed E-state index contributed by atoms with van der Waals surface area (Å²) in [6, 6.07) is 10.4. The molecule has 0 fully saturated rings. The normalized spacial score (nSPS) is 14.8. The van der Waals surface area contributed by atoms with Crippen LogP contribution in [-0.4, -0.2) is 16.3 Å². The molecule has 3 rings (SSSR count). The average Bonchev–Trinajstić information content (AvgIpc) is 2.69. The topological polar surface area (TPSA) is 29.9 Å². The molecule has 1 aliphatic heterocycles. The molecule has 3 nitrogen and oxygen atoms in total. The Hall–Kier alpha value is -1.61. The maximum atomic E-state index is 4.64. The number of aryl methyl sites for hydroxylation is 1. The zero-order chi connectivity index (χ0) is 11.0. The summed E-state index contributed by atoms with van der Waals surface area (Å²) < 4.78 is 2.00. The second-order valence-electron chi connectivity index (χ2n) is 4.19. The van der Waals surface area contributed by atoms with Crippen molar-refractivity contribution in [1.29, 1.82) is 0 Å². The fourth-order valence-electron chi connectivity index (χ4n) is 2.33. The van der Waals surface area contributed by atoms with Crippen molar-refractivity contribution in [1.82, 2.24) is 15.1 Å². The lowest BCUT2D eigenvalue weighted by Gasteiger charge is -2.14. The summed E-state index contributed by atoms with van der Waals surface area (Å²) in [6.07, 6.45) is 1.08. The van der Waals surface area contributed by atoms with Crippen molar-refractivity contribution in [2.75, 3.05) is 6.54 Å². The highest BCUT2D eigenvalue weighted by Gasteiger charge is 2.19. The third-order valence-corrected chi connectivity index (χ3v) is 3.17. The number of hydrogen-bond donors (Lipinski definition) is 1. The molecule has 0 spiro atoms. The number of nitrogens with zero attached hydrogens (tertiary/aromatic N) is 2. The van der Waals surface area contributed by atoms with E-state index >= 15 is 0 Å². The second-order valence-corrected chi connectivity index (χ2v) is 4.19. The van der Waals surface area contributed by atoms with E-state index in [1.807, 2.05) is 17.8 Å². The van der Waals surface area contributed by atoms with Crippen molar-refractivity contribution in [2.45, 2.75) is 13.0 Å². The first-order valence-corrected chi connectivity index (χ1v) is 5.67. The molecule has 0 saturated heterocycles. The lowest BCUT2D eigenvalue weighted by atomic mass is 10.0. The molecule has 1 N–H and O–H groups in total. The Balaban J connectivity index is 2.15. The Morgan fingerprint density at radius 3 is 2.88 bits per heavy atom. The van der Waals surface area contributed by atoms with E-state index < -0.39 is 0 Å². The molecule has 1 aromatic heterocycles. The van der Waals surface area contributed by atoms with E-state index in [9.17, 15) is 0 Å². The molecule has 0 bridgehead atoms. The van der Waals surface area contributed by atoms with E-state index in [1.54, 1.807) is 0 Å². The Kier molecular flexibility index (Phi) is 2.26. The average molecular weight is 213 g/mol. The third kappa shape index (κ3) is 1.44. The van der Waals surface area contributed by atoms with Gasteiger partial charge in [-0.15, -0.1) is 0 Å². The summed E-state index contributed by atoms with van der Waals surface area (Å²) in [5, 5.41) is 8.02. The van der Waals surface area contributed by atoms with Gasteiger partial charge in [-0.05, 0) is 13.0 Å². The van der Waals surface area contributed by atoms with E-state index in [1.165, 1.54) is 16.8 Å². The minimum absolute atomic E-state index is 0.936. The molecule has 0 saturated carbocycles. The van der Waals surface area contributed by atoms with Gasteiger partial charge in [-0.2, -0.15) is 5.10 Å². The Morgan fingerprint density at radius 2 is 2.06 bits per heavy atom. The van der Waals surface area contributed by atoms with Crippen LogP contribution in [0.3, 0.4) is 0 Å². The molecule has 0 aliphatic carbocycles. The van der Waals surface area contributed by atoms with E-state index in [0.29, 0.717) is 0 Å². The Labute approximate surface area is 95.1 Å². The van der Waals surface area contributed by atoms with E-state index in [4.69, 9.17) is 0 Å². The fourth-order valence-corrected chi connectivity index (χ4v) is 2.33. The van der Waals surface area contributed by atoms with Crippen LogP contribution in [0, 0.1) is 0 Å². The van der Waals surface area contributed by atoms with Gasteiger partial charge in [0.2, 0.25) is 0 Å². The molecule has 0 atom stereocenters. The van der Waals surface area contributed by atoms with Crippen LogP contribution in [-0.2, 0) is 20.0 Å². The highest BCUT2D eigenvalue weighted by Crippen LogP contribution is 2.26. The highest BCUT2D eigenvalue weighted by atomic mass is 15.3. The van der Waals surface area contributed by atoms with Crippen LogP contribution in [0.1, 0.15) is 11.3 Å². The van der Waals surface area contributed by atoms with Crippen LogP contribution in [0.15, 0.2) is 30.3 Å². The lowest BCUT2D eigenvalue weighted by molar-refractivity contribution is 0.593. The summed E-state index contributed by atoms with van der Waals surface area (Å²) in [5.74, 6) is 0. The SMILES string of the molecule is Cn1nc(-c2ccccc2)c2c1CNCC2. The molecule has 0 radical (unpaired) electrons. The number of benzene rings is 1. The van der Waals surface area contributed by atoms with Gasteiger partial charge in [0.15, 0.2) is 0 Å². The molecule has 0 unspecified atom stereocenters. The lowest BCUT2D eigenvalue weighted by Crippen LogP contribution is -2.24. The van der Waals surface area contributed by atoms with Gasteiger partial charge in [0.1, 0.15) is 0 Å².